The second-order valence-electron chi connectivity index (χ2n) is 4.26. The maximum Gasteiger partial charge on any atom is 0.415 e. The van der Waals surface area contributed by atoms with Gasteiger partial charge < -0.3 is 15.4 Å². The maximum absolute atomic E-state index is 12.0. The first-order chi connectivity index (χ1) is 8.31. The number of benzene rings is 1. The van der Waals surface area contributed by atoms with E-state index in [0.717, 1.165) is 25.8 Å². The summed E-state index contributed by atoms with van der Waals surface area (Å²) in [5.74, 6) is 0.582. The van der Waals surface area contributed by atoms with Crippen LogP contribution in [0, 0.1) is 0 Å². The molecule has 0 saturated carbocycles. The van der Waals surface area contributed by atoms with Crippen LogP contribution in [0.1, 0.15) is 19.3 Å². The zero-order valence-electron chi connectivity index (χ0n) is 9.84. The van der Waals surface area contributed by atoms with E-state index in [1.54, 1.807) is 17.0 Å². The molecule has 1 saturated heterocycles. The van der Waals surface area contributed by atoms with Gasteiger partial charge in [0.15, 0.2) is 0 Å². The van der Waals surface area contributed by atoms with E-state index in [1.807, 2.05) is 18.2 Å². The molecule has 1 aliphatic heterocycles. The van der Waals surface area contributed by atoms with Crippen molar-refractivity contribution in [3.8, 4) is 5.75 Å². The van der Waals surface area contributed by atoms with Gasteiger partial charge in [0.2, 0.25) is 0 Å². The Bertz CT molecular complexity index is 367. The number of nitrogens with two attached hydrogens (primary N) is 1. The van der Waals surface area contributed by atoms with Gasteiger partial charge in [0.05, 0.1) is 0 Å². The van der Waals surface area contributed by atoms with Crippen molar-refractivity contribution in [3.63, 3.8) is 0 Å². The number of amides is 1. The lowest BCUT2D eigenvalue weighted by molar-refractivity contribution is 0.115. The summed E-state index contributed by atoms with van der Waals surface area (Å²) in [4.78, 5) is 13.7. The maximum atomic E-state index is 12.0. The molecule has 4 heteroatoms. The molecule has 4 nitrogen and oxygen atoms in total. The molecule has 1 fully saturated rings. The van der Waals surface area contributed by atoms with Crippen molar-refractivity contribution in [1.82, 2.24) is 4.90 Å². The quantitative estimate of drug-likeness (QED) is 0.851. The lowest BCUT2D eigenvalue weighted by Gasteiger charge is -2.33. The van der Waals surface area contributed by atoms with Crippen LogP contribution in [0.5, 0.6) is 5.75 Å². The third-order valence-electron chi connectivity index (χ3n) is 3.08. The summed E-state index contributed by atoms with van der Waals surface area (Å²) in [6.45, 7) is 1.25. The summed E-state index contributed by atoms with van der Waals surface area (Å²) in [7, 11) is 0. The third kappa shape index (κ3) is 2.97. The Balaban J connectivity index is 1.99. The molecule has 2 N–H and O–H groups in total. The van der Waals surface area contributed by atoms with Crippen LogP contribution in [0.25, 0.3) is 0 Å². The third-order valence-corrected chi connectivity index (χ3v) is 3.08. The minimum Gasteiger partial charge on any atom is -0.410 e. The summed E-state index contributed by atoms with van der Waals surface area (Å²) in [5, 5.41) is 0. The summed E-state index contributed by atoms with van der Waals surface area (Å²) >= 11 is 0. The first-order valence-corrected chi connectivity index (χ1v) is 6.05. The number of rotatable bonds is 2. The Kier molecular flexibility index (Phi) is 3.98. The number of piperidine rings is 1. The minimum absolute atomic E-state index is 0.125. The smallest absolute Gasteiger partial charge is 0.410 e. The van der Waals surface area contributed by atoms with Crippen LogP contribution in [0.2, 0.25) is 0 Å². The standard InChI is InChI=1S/C13H18N2O2/c14-10-11-6-4-5-9-15(11)13(16)17-12-7-2-1-3-8-12/h1-3,7-8,11H,4-6,9-10,14H2. The molecule has 0 spiro atoms. The van der Waals surface area contributed by atoms with E-state index in [1.165, 1.54) is 0 Å². The molecule has 0 aromatic heterocycles. The van der Waals surface area contributed by atoms with Crippen molar-refractivity contribution >= 4 is 6.09 Å². The van der Waals surface area contributed by atoms with Crippen LogP contribution in [0.3, 0.4) is 0 Å². The zero-order chi connectivity index (χ0) is 12.1. The van der Waals surface area contributed by atoms with Crippen molar-refractivity contribution in [2.45, 2.75) is 25.3 Å². The number of carbonyl (C=O) groups excluding carboxylic acids is 1. The monoisotopic (exact) mass is 234 g/mol. The van der Waals surface area contributed by atoms with E-state index >= 15 is 0 Å². The highest BCUT2D eigenvalue weighted by atomic mass is 16.6. The first-order valence-electron chi connectivity index (χ1n) is 6.05. The topological polar surface area (TPSA) is 55.6 Å². The molecule has 2 rings (SSSR count). The predicted molar refractivity (Wildman–Crippen MR) is 65.9 cm³/mol. The Morgan fingerprint density at radius 2 is 2.12 bits per heavy atom. The molecule has 1 aromatic rings. The summed E-state index contributed by atoms with van der Waals surface area (Å²) in [5.41, 5.74) is 5.68. The van der Waals surface area contributed by atoms with Crippen LogP contribution in [0.4, 0.5) is 4.79 Å². The number of hydrogen-bond acceptors (Lipinski definition) is 3. The average Bonchev–Trinajstić information content (AvgIpc) is 2.40. The molecule has 0 radical (unpaired) electrons. The van der Waals surface area contributed by atoms with Crippen molar-refractivity contribution in [2.75, 3.05) is 13.1 Å². The van der Waals surface area contributed by atoms with E-state index in [0.29, 0.717) is 12.3 Å². The van der Waals surface area contributed by atoms with Gasteiger partial charge in [-0.15, -0.1) is 0 Å². The molecule has 0 bridgehead atoms. The highest BCUT2D eigenvalue weighted by Crippen LogP contribution is 2.18. The second-order valence-corrected chi connectivity index (χ2v) is 4.26. The van der Waals surface area contributed by atoms with Crippen LogP contribution in [0.15, 0.2) is 30.3 Å². The van der Waals surface area contributed by atoms with E-state index in [4.69, 9.17) is 10.5 Å². The van der Waals surface area contributed by atoms with Crippen molar-refractivity contribution in [2.24, 2.45) is 5.73 Å². The Morgan fingerprint density at radius 3 is 2.82 bits per heavy atom. The number of likely N-dealkylation sites (tertiary alicyclic amines) is 1. The first kappa shape index (κ1) is 11.9. The van der Waals surface area contributed by atoms with Crippen LogP contribution in [-0.2, 0) is 0 Å². The van der Waals surface area contributed by atoms with Gasteiger partial charge in [-0.1, -0.05) is 18.2 Å². The fourth-order valence-corrected chi connectivity index (χ4v) is 2.13. The minimum atomic E-state index is -0.286. The van der Waals surface area contributed by atoms with Gasteiger partial charge in [-0.2, -0.15) is 0 Å². The molecule has 1 aromatic carbocycles. The van der Waals surface area contributed by atoms with Gasteiger partial charge >= 0.3 is 6.09 Å². The Labute approximate surface area is 101 Å². The molecular weight excluding hydrogens is 216 g/mol. The van der Waals surface area contributed by atoms with E-state index in [-0.39, 0.29) is 12.1 Å². The number of nitrogens with zero attached hydrogens (tertiary/aromatic N) is 1. The molecule has 17 heavy (non-hydrogen) atoms. The fraction of sp³-hybridized carbons (Fsp3) is 0.462. The largest absolute Gasteiger partial charge is 0.415 e. The SMILES string of the molecule is NCC1CCCCN1C(=O)Oc1ccccc1. The molecule has 1 atom stereocenters. The molecule has 1 heterocycles. The van der Waals surface area contributed by atoms with Gasteiger partial charge in [0, 0.05) is 19.1 Å². The highest BCUT2D eigenvalue weighted by Gasteiger charge is 2.26. The molecule has 1 unspecified atom stereocenters. The van der Waals surface area contributed by atoms with Gasteiger partial charge in [0.1, 0.15) is 5.75 Å². The van der Waals surface area contributed by atoms with E-state index in [2.05, 4.69) is 0 Å². The van der Waals surface area contributed by atoms with E-state index < -0.39 is 0 Å². The summed E-state index contributed by atoms with van der Waals surface area (Å²) < 4.78 is 5.32. The lowest BCUT2D eigenvalue weighted by atomic mass is 10.0. The highest BCUT2D eigenvalue weighted by molar-refractivity contribution is 5.71. The Hall–Kier alpha value is -1.55. The lowest BCUT2D eigenvalue weighted by Crippen LogP contribution is -2.48. The Morgan fingerprint density at radius 1 is 1.35 bits per heavy atom. The molecule has 1 aliphatic rings. The predicted octanol–water partition coefficient (Wildman–Crippen LogP) is 2.00. The summed E-state index contributed by atoms with van der Waals surface area (Å²) in [6, 6.07) is 9.26. The second kappa shape index (κ2) is 5.68. The van der Waals surface area contributed by atoms with Crippen LogP contribution in [-0.4, -0.2) is 30.1 Å². The zero-order valence-corrected chi connectivity index (χ0v) is 9.84. The van der Waals surface area contributed by atoms with Gasteiger partial charge in [-0.25, -0.2) is 4.79 Å². The number of para-hydroxylation sites is 1. The van der Waals surface area contributed by atoms with E-state index in [9.17, 15) is 4.79 Å². The number of carbonyl (C=O) groups is 1. The molecule has 0 aliphatic carbocycles. The van der Waals surface area contributed by atoms with Crippen LogP contribution < -0.4 is 10.5 Å². The molecule has 1 amide bonds. The summed E-state index contributed by atoms with van der Waals surface area (Å²) in [6.07, 6.45) is 2.85. The van der Waals surface area contributed by atoms with Crippen molar-refractivity contribution < 1.29 is 9.53 Å². The average molecular weight is 234 g/mol. The number of ether oxygens (including phenoxy) is 1. The number of hydrogen-bond donors (Lipinski definition) is 1. The van der Waals surface area contributed by atoms with Gasteiger partial charge in [-0.05, 0) is 31.4 Å². The molecular formula is C13H18N2O2. The van der Waals surface area contributed by atoms with Gasteiger partial charge in [0.25, 0.3) is 0 Å². The van der Waals surface area contributed by atoms with Crippen LogP contribution >= 0.6 is 0 Å². The fourth-order valence-electron chi connectivity index (χ4n) is 2.13. The normalized spacial score (nSPS) is 20.1. The van der Waals surface area contributed by atoms with Gasteiger partial charge in [-0.3, -0.25) is 0 Å². The molecule has 92 valence electrons. The van der Waals surface area contributed by atoms with Crippen molar-refractivity contribution in [3.05, 3.63) is 30.3 Å². The van der Waals surface area contributed by atoms with Crippen molar-refractivity contribution in [1.29, 1.82) is 0 Å².